The largest absolute Gasteiger partial charge is 0.490 e. The van der Waals surface area contributed by atoms with Crippen LogP contribution in [-0.2, 0) is 17.8 Å². The van der Waals surface area contributed by atoms with Gasteiger partial charge in [0.25, 0.3) is 0 Å². The number of nitrogens with one attached hydrogen (secondary N) is 1. The Hall–Kier alpha value is -2.00. The first kappa shape index (κ1) is 24.0. The molecule has 0 heterocycles. The smallest absolute Gasteiger partial charge is 0.193 e. The molecule has 0 aromatic heterocycles. The summed E-state index contributed by atoms with van der Waals surface area (Å²) in [6.45, 7) is 6.21. The predicted molar refractivity (Wildman–Crippen MR) is 125 cm³/mol. The Morgan fingerprint density at radius 3 is 2.46 bits per heavy atom. The van der Waals surface area contributed by atoms with Gasteiger partial charge in [-0.15, -0.1) is 24.0 Å². The van der Waals surface area contributed by atoms with E-state index in [0.717, 1.165) is 34.7 Å². The lowest BCUT2D eigenvalue weighted by molar-refractivity contribution is 0.185. The van der Waals surface area contributed by atoms with E-state index in [2.05, 4.69) is 10.3 Å². The highest BCUT2D eigenvalue weighted by atomic mass is 127. The number of halogens is 1. The van der Waals surface area contributed by atoms with Crippen molar-refractivity contribution < 1.29 is 14.2 Å². The number of ether oxygens (including phenoxy) is 3. The maximum atomic E-state index is 6.03. The number of benzene rings is 2. The van der Waals surface area contributed by atoms with Crippen LogP contribution in [0.15, 0.2) is 47.5 Å². The fourth-order valence-electron chi connectivity index (χ4n) is 2.66. The number of anilines is 1. The van der Waals surface area contributed by atoms with Crippen molar-refractivity contribution in [2.75, 3.05) is 32.2 Å². The van der Waals surface area contributed by atoms with E-state index >= 15 is 0 Å². The molecule has 0 aliphatic rings. The number of nitrogens with two attached hydrogens (primary N) is 1. The van der Waals surface area contributed by atoms with Crippen LogP contribution in [0.25, 0.3) is 0 Å². The summed E-state index contributed by atoms with van der Waals surface area (Å²) in [5, 5.41) is 3.14. The van der Waals surface area contributed by atoms with Crippen LogP contribution in [-0.4, -0.2) is 32.8 Å². The second-order valence-corrected chi connectivity index (χ2v) is 5.88. The van der Waals surface area contributed by atoms with Gasteiger partial charge in [0, 0.05) is 24.9 Å². The maximum Gasteiger partial charge on any atom is 0.193 e. The number of aliphatic imine (C=N–C) groups is 1. The molecule has 2 aromatic carbocycles. The van der Waals surface area contributed by atoms with E-state index in [1.54, 1.807) is 7.11 Å². The van der Waals surface area contributed by atoms with Crippen LogP contribution in [0.5, 0.6) is 11.5 Å². The monoisotopic (exact) mass is 499 g/mol. The van der Waals surface area contributed by atoms with Crippen molar-refractivity contribution in [2.45, 2.75) is 26.9 Å². The van der Waals surface area contributed by atoms with E-state index in [1.165, 1.54) is 0 Å². The molecule has 154 valence electrons. The molecule has 0 aliphatic heterocycles. The molecule has 0 aliphatic carbocycles. The average Bonchev–Trinajstić information content (AvgIpc) is 2.66. The fraction of sp³-hybridized carbons (Fsp3) is 0.381. The lowest BCUT2D eigenvalue weighted by Crippen LogP contribution is -2.23. The highest BCUT2D eigenvalue weighted by Gasteiger charge is 2.06. The number of methoxy groups -OCH3 is 1. The van der Waals surface area contributed by atoms with Gasteiger partial charge in [0.2, 0.25) is 0 Å². The first-order chi connectivity index (χ1) is 13.2. The SMILES string of the molecule is CCOc1ccc(CCN=C(N)Nc2ccccc2COC)cc1OCC.I. The molecule has 0 amide bonds. The third-order valence-electron chi connectivity index (χ3n) is 3.87. The lowest BCUT2D eigenvalue weighted by atomic mass is 10.1. The third kappa shape index (κ3) is 7.55. The Morgan fingerprint density at radius 1 is 1.04 bits per heavy atom. The van der Waals surface area contributed by atoms with Crippen molar-refractivity contribution in [3.05, 3.63) is 53.6 Å². The summed E-state index contributed by atoms with van der Waals surface area (Å²) in [7, 11) is 1.67. The van der Waals surface area contributed by atoms with Crippen LogP contribution in [0.4, 0.5) is 5.69 Å². The molecule has 0 unspecified atom stereocenters. The number of nitrogens with zero attached hydrogens (tertiary/aromatic N) is 1. The minimum Gasteiger partial charge on any atom is -0.490 e. The van der Waals surface area contributed by atoms with Crippen molar-refractivity contribution in [3.8, 4) is 11.5 Å². The highest BCUT2D eigenvalue weighted by molar-refractivity contribution is 14.0. The quantitative estimate of drug-likeness (QED) is 0.291. The van der Waals surface area contributed by atoms with Crippen molar-refractivity contribution in [1.29, 1.82) is 0 Å². The van der Waals surface area contributed by atoms with E-state index in [1.807, 2.05) is 56.3 Å². The minimum absolute atomic E-state index is 0. The number of rotatable bonds is 10. The second kappa shape index (κ2) is 13.2. The first-order valence-electron chi connectivity index (χ1n) is 9.20. The molecular formula is C21H30IN3O3. The van der Waals surface area contributed by atoms with E-state index in [9.17, 15) is 0 Å². The van der Waals surface area contributed by atoms with E-state index in [0.29, 0.717) is 32.3 Å². The van der Waals surface area contributed by atoms with Crippen LogP contribution >= 0.6 is 24.0 Å². The zero-order chi connectivity index (χ0) is 19.5. The Balaban J connectivity index is 0.00000392. The summed E-state index contributed by atoms with van der Waals surface area (Å²) in [6, 6.07) is 13.8. The van der Waals surface area contributed by atoms with E-state index in [-0.39, 0.29) is 24.0 Å². The number of hydrogen-bond acceptors (Lipinski definition) is 4. The van der Waals surface area contributed by atoms with Gasteiger partial charge in [-0.3, -0.25) is 4.99 Å². The second-order valence-electron chi connectivity index (χ2n) is 5.88. The van der Waals surface area contributed by atoms with Gasteiger partial charge in [-0.05, 0) is 44.0 Å². The molecule has 0 fully saturated rings. The normalized spacial score (nSPS) is 10.9. The van der Waals surface area contributed by atoms with E-state index < -0.39 is 0 Å². The van der Waals surface area contributed by atoms with Crippen LogP contribution in [0.1, 0.15) is 25.0 Å². The van der Waals surface area contributed by atoms with E-state index in [4.69, 9.17) is 19.9 Å². The third-order valence-corrected chi connectivity index (χ3v) is 3.87. The summed E-state index contributed by atoms with van der Waals surface area (Å²) in [6.07, 6.45) is 0.759. The number of guanidine groups is 1. The van der Waals surface area contributed by atoms with Gasteiger partial charge in [-0.25, -0.2) is 0 Å². The Bertz CT molecular complexity index is 753. The van der Waals surface area contributed by atoms with Crippen LogP contribution < -0.4 is 20.5 Å². The summed E-state index contributed by atoms with van der Waals surface area (Å²) >= 11 is 0. The van der Waals surface area contributed by atoms with Gasteiger partial charge in [0.05, 0.1) is 19.8 Å². The molecule has 2 rings (SSSR count). The van der Waals surface area contributed by atoms with Gasteiger partial charge < -0.3 is 25.3 Å². The lowest BCUT2D eigenvalue weighted by Gasteiger charge is -2.12. The molecular weight excluding hydrogens is 469 g/mol. The molecule has 7 heteroatoms. The summed E-state index contributed by atoms with van der Waals surface area (Å²) in [5.74, 6) is 1.91. The molecule has 6 nitrogen and oxygen atoms in total. The molecule has 0 spiro atoms. The highest BCUT2D eigenvalue weighted by Crippen LogP contribution is 2.28. The first-order valence-corrected chi connectivity index (χ1v) is 9.20. The standard InChI is InChI=1S/C21H29N3O3.HI/c1-4-26-19-11-10-16(14-20(19)27-5-2)12-13-23-21(22)24-18-9-7-6-8-17(18)15-25-3;/h6-11,14H,4-5,12-13,15H2,1-3H3,(H3,22,23,24);1H. The molecule has 0 radical (unpaired) electrons. The van der Waals surface area contributed by atoms with Crippen molar-refractivity contribution in [2.24, 2.45) is 10.7 Å². The van der Waals surface area contributed by atoms with Gasteiger partial charge in [0.15, 0.2) is 17.5 Å². The van der Waals surface area contributed by atoms with Gasteiger partial charge in [-0.2, -0.15) is 0 Å². The fourth-order valence-corrected chi connectivity index (χ4v) is 2.66. The predicted octanol–water partition coefficient (Wildman–Crippen LogP) is 4.22. The Kier molecular flexibility index (Phi) is 11.4. The molecule has 28 heavy (non-hydrogen) atoms. The zero-order valence-corrected chi connectivity index (χ0v) is 19.1. The number of para-hydroxylation sites is 1. The molecule has 3 N–H and O–H groups in total. The molecule has 0 saturated carbocycles. The number of hydrogen-bond donors (Lipinski definition) is 2. The average molecular weight is 499 g/mol. The minimum atomic E-state index is 0. The van der Waals surface area contributed by atoms with Crippen LogP contribution in [0, 0.1) is 0 Å². The van der Waals surface area contributed by atoms with Gasteiger partial charge in [-0.1, -0.05) is 24.3 Å². The molecule has 0 atom stereocenters. The van der Waals surface area contributed by atoms with Gasteiger partial charge in [0.1, 0.15) is 0 Å². The molecule has 0 saturated heterocycles. The topological polar surface area (TPSA) is 78.1 Å². The summed E-state index contributed by atoms with van der Waals surface area (Å²) in [5.41, 5.74) is 9.09. The van der Waals surface area contributed by atoms with Crippen LogP contribution in [0.3, 0.4) is 0 Å². The van der Waals surface area contributed by atoms with Crippen molar-refractivity contribution >= 4 is 35.6 Å². The zero-order valence-electron chi connectivity index (χ0n) is 16.7. The Labute approximate surface area is 184 Å². The van der Waals surface area contributed by atoms with Gasteiger partial charge >= 0.3 is 0 Å². The maximum absolute atomic E-state index is 6.03. The van der Waals surface area contributed by atoms with Crippen LogP contribution in [0.2, 0.25) is 0 Å². The summed E-state index contributed by atoms with van der Waals surface area (Å²) < 4.78 is 16.5. The molecule has 2 aromatic rings. The van der Waals surface area contributed by atoms with Crippen molar-refractivity contribution in [3.63, 3.8) is 0 Å². The van der Waals surface area contributed by atoms with Crippen molar-refractivity contribution in [1.82, 2.24) is 0 Å². The molecule has 0 bridgehead atoms. The summed E-state index contributed by atoms with van der Waals surface area (Å²) in [4.78, 5) is 4.42. The Morgan fingerprint density at radius 2 is 1.75 bits per heavy atom.